The van der Waals surface area contributed by atoms with Gasteiger partial charge in [0, 0.05) is 35.7 Å². The van der Waals surface area contributed by atoms with Gasteiger partial charge < -0.3 is 10.1 Å². The van der Waals surface area contributed by atoms with Crippen LogP contribution < -0.4 is 10.1 Å². The summed E-state index contributed by atoms with van der Waals surface area (Å²) in [7, 11) is 0. The second kappa shape index (κ2) is 10.9. The van der Waals surface area contributed by atoms with Crippen molar-refractivity contribution in [1.29, 1.82) is 0 Å². The summed E-state index contributed by atoms with van der Waals surface area (Å²) in [4.78, 5) is 2.28. The van der Waals surface area contributed by atoms with Crippen molar-refractivity contribution in [3.05, 3.63) is 63.1 Å². The van der Waals surface area contributed by atoms with Crippen molar-refractivity contribution in [2.75, 3.05) is 26.2 Å². The van der Waals surface area contributed by atoms with Crippen molar-refractivity contribution in [2.24, 2.45) is 0 Å². The summed E-state index contributed by atoms with van der Waals surface area (Å²) in [6.45, 7) is 3.35. The minimum Gasteiger partial charge on any atom is -0.406 e. The van der Waals surface area contributed by atoms with Gasteiger partial charge in [-0.2, -0.15) is 0 Å². The van der Waals surface area contributed by atoms with E-state index in [0.717, 1.165) is 41.8 Å². The molecule has 1 heterocycles. The van der Waals surface area contributed by atoms with E-state index >= 15 is 0 Å². The highest BCUT2D eigenvalue weighted by molar-refractivity contribution is 9.10. The van der Waals surface area contributed by atoms with Crippen LogP contribution in [0.1, 0.15) is 17.2 Å². The molecule has 1 atom stereocenters. The van der Waals surface area contributed by atoms with E-state index in [-0.39, 0.29) is 36.6 Å². The molecule has 0 spiro atoms. The second-order valence-corrected chi connectivity index (χ2v) is 7.26. The zero-order valence-electron chi connectivity index (χ0n) is 14.5. The number of benzene rings is 2. The van der Waals surface area contributed by atoms with E-state index in [0.29, 0.717) is 5.02 Å². The predicted molar refractivity (Wildman–Crippen MR) is 113 cm³/mol. The number of hydrogen-bond acceptors (Lipinski definition) is 3. The number of halogens is 7. The highest BCUT2D eigenvalue weighted by Crippen LogP contribution is 2.36. The summed E-state index contributed by atoms with van der Waals surface area (Å²) in [6, 6.07) is 11.5. The molecular formula is C18H19BrCl3F3N2O. The summed E-state index contributed by atoms with van der Waals surface area (Å²) in [5.74, 6) is -0.231. The van der Waals surface area contributed by atoms with E-state index in [4.69, 9.17) is 11.6 Å². The fraction of sp³-hybridized carbons (Fsp3) is 0.333. The lowest BCUT2D eigenvalue weighted by Gasteiger charge is -2.36. The number of nitrogens with one attached hydrogen (secondary N) is 1. The molecule has 2 aromatic rings. The summed E-state index contributed by atoms with van der Waals surface area (Å²) in [5.41, 5.74) is 1.85. The lowest BCUT2D eigenvalue weighted by molar-refractivity contribution is -0.274. The van der Waals surface area contributed by atoms with Crippen LogP contribution >= 0.6 is 52.3 Å². The fourth-order valence-corrected chi connectivity index (χ4v) is 3.75. The Labute approximate surface area is 187 Å². The van der Waals surface area contributed by atoms with Crippen LogP contribution in [0, 0.1) is 0 Å². The molecule has 0 bridgehead atoms. The lowest BCUT2D eigenvalue weighted by Crippen LogP contribution is -2.45. The molecule has 28 heavy (non-hydrogen) atoms. The van der Waals surface area contributed by atoms with E-state index in [1.165, 1.54) is 12.1 Å². The number of ether oxygens (including phenoxy) is 1. The van der Waals surface area contributed by atoms with Crippen LogP contribution in [0.5, 0.6) is 5.75 Å². The molecule has 156 valence electrons. The standard InChI is InChI=1S/C18H17BrClF3N2O.2ClH/c19-16-6-3-13(20)11-15(16)17(25-9-7-24-8-10-25)12-1-4-14(5-2-12)26-18(21,22)23;;/h1-6,11,17,24H,7-10H2;2*1H/t17-;;/m0../s1. The van der Waals surface area contributed by atoms with Gasteiger partial charge in [-0.3, -0.25) is 4.90 Å². The van der Waals surface area contributed by atoms with Crippen LogP contribution in [-0.4, -0.2) is 37.4 Å². The Balaban J connectivity index is 0.00000196. The number of nitrogens with zero attached hydrogens (tertiary/aromatic N) is 1. The van der Waals surface area contributed by atoms with Gasteiger partial charge in [0.15, 0.2) is 0 Å². The molecule has 1 N–H and O–H groups in total. The molecule has 3 rings (SSSR count). The topological polar surface area (TPSA) is 24.5 Å². The zero-order chi connectivity index (χ0) is 18.7. The quantitative estimate of drug-likeness (QED) is 0.546. The smallest absolute Gasteiger partial charge is 0.406 e. The molecular weight excluding hydrogens is 503 g/mol. The molecule has 1 aliphatic heterocycles. The first-order chi connectivity index (χ1) is 12.3. The first-order valence-electron chi connectivity index (χ1n) is 8.09. The van der Waals surface area contributed by atoms with Crippen LogP contribution in [0.2, 0.25) is 5.02 Å². The first-order valence-corrected chi connectivity index (χ1v) is 9.26. The van der Waals surface area contributed by atoms with Gasteiger partial charge in [-0.05, 0) is 41.5 Å². The Bertz CT molecular complexity index is 757. The maximum atomic E-state index is 12.4. The molecule has 1 saturated heterocycles. The highest BCUT2D eigenvalue weighted by Gasteiger charge is 2.31. The summed E-state index contributed by atoms with van der Waals surface area (Å²) >= 11 is 9.76. The molecule has 3 nitrogen and oxygen atoms in total. The summed E-state index contributed by atoms with van der Waals surface area (Å²) < 4.78 is 42.1. The van der Waals surface area contributed by atoms with Crippen LogP contribution in [0.25, 0.3) is 0 Å². The number of rotatable bonds is 4. The van der Waals surface area contributed by atoms with Gasteiger partial charge >= 0.3 is 6.36 Å². The van der Waals surface area contributed by atoms with Crippen LogP contribution in [0.3, 0.4) is 0 Å². The van der Waals surface area contributed by atoms with Crippen molar-refractivity contribution in [3.63, 3.8) is 0 Å². The molecule has 0 unspecified atom stereocenters. The normalized spacial score (nSPS) is 15.9. The molecule has 0 radical (unpaired) electrons. The van der Waals surface area contributed by atoms with E-state index in [1.54, 1.807) is 18.2 Å². The third-order valence-electron chi connectivity index (χ3n) is 4.20. The monoisotopic (exact) mass is 520 g/mol. The van der Waals surface area contributed by atoms with Crippen molar-refractivity contribution in [1.82, 2.24) is 10.2 Å². The predicted octanol–water partition coefficient (Wildman–Crippen LogP) is 5.84. The van der Waals surface area contributed by atoms with Crippen molar-refractivity contribution in [2.45, 2.75) is 12.4 Å². The highest BCUT2D eigenvalue weighted by atomic mass is 79.9. The van der Waals surface area contributed by atoms with Gasteiger partial charge in [0.1, 0.15) is 5.75 Å². The fourth-order valence-electron chi connectivity index (χ4n) is 3.10. The number of alkyl halides is 3. The zero-order valence-corrected chi connectivity index (χ0v) is 18.5. The molecule has 1 aliphatic rings. The van der Waals surface area contributed by atoms with Crippen LogP contribution in [0.4, 0.5) is 13.2 Å². The minimum absolute atomic E-state index is 0. The SMILES string of the molecule is Cl.Cl.FC(F)(F)Oc1ccc([C@@H](c2cc(Cl)ccc2Br)N2CCNCC2)cc1. The molecule has 0 aromatic heterocycles. The molecule has 0 aliphatic carbocycles. The Morgan fingerprint density at radius 2 is 1.64 bits per heavy atom. The Hall–Kier alpha value is -0.700. The first kappa shape index (κ1) is 25.3. The minimum atomic E-state index is -4.70. The molecule has 0 amide bonds. The maximum absolute atomic E-state index is 12.4. The van der Waals surface area contributed by atoms with Crippen molar-refractivity contribution >= 4 is 52.3 Å². The largest absolute Gasteiger partial charge is 0.573 e. The van der Waals surface area contributed by atoms with Crippen molar-refractivity contribution in [3.8, 4) is 5.75 Å². The third kappa shape index (κ3) is 6.68. The van der Waals surface area contributed by atoms with E-state index < -0.39 is 6.36 Å². The third-order valence-corrected chi connectivity index (χ3v) is 5.16. The molecule has 0 saturated carbocycles. The Morgan fingerprint density at radius 1 is 1.04 bits per heavy atom. The van der Waals surface area contributed by atoms with Gasteiger partial charge in [-0.25, -0.2) is 0 Å². The average molecular weight is 523 g/mol. The summed E-state index contributed by atoms with van der Waals surface area (Å²) in [6.07, 6.45) is -4.70. The molecule has 1 fully saturated rings. The summed E-state index contributed by atoms with van der Waals surface area (Å²) in [5, 5.41) is 3.92. The Kier molecular flexibility index (Phi) is 9.86. The van der Waals surface area contributed by atoms with Gasteiger partial charge in [0.05, 0.1) is 6.04 Å². The average Bonchev–Trinajstić information content (AvgIpc) is 2.59. The number of piperazine rings is 1. The molecule has 10 heteroatoms. The lowest BCUT2D eigenvalue weighted by atomic mass is 9.96. The van der Waals surface area contributed by atoms with Gasteiger partial charge in [-0.1, -0.05) is 39.7 Å². The van der Waals surface area contributed by atoms with Crippen LogP contribution in [-0.2, 0) is 0 Å². The second-order valence-electron chi connectivity index (χ2n) is 5.97. The van der Waals surface area contributed by atoms with Crippen LogP contribution in [0.15, 0.2) is 46.9 Å². The molecule has 2 aromatic carbocycles. The Morgan fingerprint density at radius 3 is 2.21 bits per heavy atom. The maximum Gasteiger partial charge on any atom is 0.573 e. The van der Waals surface area contributed by atoms with E-state index in [9.17, 15) is 13.2 Å². The van der Waals surface area contributed by atoms with E-state index in [1.807, 2.05) is 12.1 Å². The van der Waals surface area contributed by atoms with Gasteiger partial charge in [-0.15, -0.1) is 38.0 Å². The van der Waals surface area contributed by atoms with Gasteiger partial charge in [0.25, 0.3) is 0 Å². The van der Waals surface area contributed by atoms with E-state index in [2.05, 4.69) is 30.9 Å². The van der Waals surface area contributed by atoms with Gasteiger partial charge in [0.2, 0.25) is 0 Å². The van der Waals surface area contributed by atoms with Crippen molar-refractivity contribution < 1.29 is 17.9 Å². The number of hydrogen-bond donors (Lipinski definition) is 1.